The molecule has 0 saturated carbocycles. The first-order chi connectivity index (χ1) is 8.84. The normalized spacial score (nSPS) is 16.1. The second-order valence-electron chi connectivity index (χ2n) is 4.94. The predicted octanol–water partition coefficient (Wildman–Crippen LogP) is 2.65. The summed E-state index contributed by atoms with van der Waals surface area (Å²) in [6.45, 7) is 2.32. The zero-order valence-electron chi connectivity index (χ0n) is 10.5. The van der Waals surface area contributed by atoms with E-state index < -0.39 is 0 Å². The van der Waals surface area contributed by atoms with Gasteiger partial charge in [0.2, 0.25) is 5.91 Å². The Morgan fingerprint density at radius 2 is 1.83 bits per heavy atom. The fraction of sp³-hybridized carbons (Fsp3) is 0.400. The number of amides is 1. The lowest BCUT2D eigenvalue weighted by Gasteiger charge is -2.27. The summed E-state index contributed by atoms with van der Waals surface area (Å²) in [6.07, 6.45) is 5.57. The molecule has 1 aliphatic rings. The van der Waals surface area contributed by atoms with Crippen LogP contribution in [0.4, 0.5) is 0 Å². The van der Waals surface area contributed by atoms with Crippen LogP contribution >= 0.6 is 0 Å². The maximum absolute atomic E-state index is 12.2. The number of aromatic nitrogens is 1. The molecule has 0 N–H and O–H groups in total. The van der Waals surface area contributed by atoms with Crippen LogP contribution < -0.4 is 0 Å². The van der Waals surface area contributed by atoms with E-state index in [-0.39, 0.29) is 5.91 Å². The highest BCUT2D eigenvalue weighted by molar-refractivity contribution is 5.83. The third-order valence-corrected chi connectivity index (χ3v) is 3.69. The molecule has 2 aromatic rings. The zero-order valence-corrected chi connectivity index (χ0v) is 10.5. The van der Waals surface area contributed by atoms with Gasteiger partial charge in [0.25, 0.3) is 0 Å². The van der Waals surface area contributed by atoms with Crippen molar-refractivity contribution in [3.63, 3.8) is 0 Å². The summed E-state index contributed by atoms with van der Waals surface area (Å²) in [6, 6.07) is 10.3. The fourth-order valence-electron chi connectivity index (χ4n) is 2.67. The number of para-hydroxylation sites is 1. The van der Waals surface area contributed by atoms with Gasteiger partial charge in [-0.05, 0) is 36.8 Å². The van der Waals surface area contributed by atoms with E-state index in [1.807, 2.05) is 27.8 Å². The van der Waals surface area contributed by atoms with E-state index in [0.29, 0.717) is 6.54 Å². The number of fused-ring (bicyclic) bond motifs is 1. The third-order valence-electron chi connectivity index (χ3n) is 3.69. The first-order valence-electron chi connectivity index (χ1n) is 6.66. The number of nitrogens with zero attached hydrogens (tertiary/aromatic N) is 2. The van der Waals surface area contributed by atoms with Crippen LogP contribution in [0, 0.1) is 0 Å². The molecule has 1 fully saturated rings. The number of benzene rings is 1. The Morgan fingerprint density at radius 1 is 1.06 bits per heavy atom. The molecule has 1 aromatic heterocycles. The van der Waals surface area contributed by atoms with Gasteiger partial charge in [0.1, 0.15) is 6.54 Å². The van der Waals surface area contributed by atoms with Crippen molar-refractivity contribution in [2.75, 3.05) is 13.1 Å². The van der Waals surface area contributed by atoms with Gasteiger partial charge in [0.15, 0.2) is 0 Å². The van der Waals surface area contributed by atoms with Crippen molar-refractivity contribution in [2.45, 2.75) is 25.8 Å². The molecule has 18 heavy (non-hydrogen) atoms. The maximum atomic E-state index is 12.2. The molecule has 0 radical (unpaired) electrons. The minimum atomic E-state index is 0.246. The first kappa shape index (κ1) is 11.3. The van der Waals surface area contributed by atoms with E-state index in [4.69, 9.17) is 0 Å². The molecule has 0 unspecified atom stereocenters. The lowest BCUT2D eigenvalue weighted by molar-refractivity contribution is -0.132. The molecule has 1 aromatic carbocycles. The van der Waals surface area contributed by atoms with E-state index in [0.717, 1.165) is 31.4 Å². The van der Waals surface area contributed by atoms with Gasteiger partial charge >= 0.3 is 0 Å². The Labute approximate surface area is 107 Å². The number of piperidine rings is 1. The zero-order chi connectivity index (χ0) is 12.4. The van der Waals surface area contributed by atoms with Crippen molar-refractivity contribution < 1.29 is 4.79 Å². The SMILES string of the molecule is O=C(Cn1ccc2ccccc21)N1CCCCC1. The average molecular weight is 242 g/mol. The first-order valence-corrected chi connectivity index (χ1v) is 6.66. The molecule has 0 spiro atoms. The Bertz CT molecular complexity index is 552. The summed E-state index contributed by atoms with van der Waals surface area (Å²) in [4.78, 5) is 14.2. The van der Waals surface area contributed by atoms with Crippen molar-refractivity contribution in [2.24, 2.45) is 0 Å². The predicted molar refractivity (Wildman–Crippen MR) is 72.4 cm³/mol. The summed E-state index contributed by atoms with van der Waals surface area (Å²) in [5.74, 6) is 0.246. The van der Waals surface area contributed by atoms with E-state index in [2.05, 4.69) is 18.2 Å². The van der Waals surface area contributed by atoms with Crippen LogP contribution in [0.2, 0.25) is 0 Å². The molecule has 3 rings (SSSR count). The van der Waals surface area contributed by atoms with E-state index in [1.54, 1.807) is 0 Å². The smallest absolute Gasteiger partial charge is 0.242 e. The monoisotopic (exact) mass is 242 g/mol. The number of hydrogen-bond donors (Lipinski definition) is 0. The van der Waals surface area contributed by atoms with Crippen molar-refractivity contribution in [3.05, 3.63) is 36.5 Å². The number of hydrogen-bond acceptors (Lipinski definition) is 1. The highest BCUT2D eigenvalue weighted by Crippen LogP contribution is 2.16. The summed E-state index contributed by atoms with van der Waals surface area (Å²) in [5.41, 5.74) is 1.14. The Morgan fingerprint density at radius 3 is 2.67 bits per heavy atom. The van der Waals surface area contributed by atoms with Crippen LogP contribution in [0.5, 0.6) is 0 Å². The molecule has 1 aliphatic heterocycles. The van der Waals surface area contributed by atoms with Gasteiger partial charge in [-0.3, -0.25) is 4.79 Å². The van der Waals surface area contributed by atoms with Gasteiger partial charge in [-0.15, -0.1) is 0 Å². The molecule has 2 heterocycles. The third kappa shape index (κ3) is 2.13. The standard InChI is InChI=1S/C15H18N2O/c18-15(16-9-4-1-5-10-16)12-17-11-8-13-6-2-3-7-14(13)17/h2-3,6-8,11H,1,4-5,9-10,12H2. The highest BCUT2D eigenvalue weighted by Gasteiger charge is 2.16. The molecular formula is C15H18N2O. The van der Waals surface area contributed by atoms with Crippen LogP contribution in [0.15, 0.2) is 36.5 Å². The summed E-state index contributed by atoms with van der Waals surface area (Å²) in [5, 5.41) is 1.20. The maximum Gasteiger partial charge on any atom is 0.242 e. The minimum absolute atomic E-state index is 0.246. The molecule has 1 saturated heterocycles. The van der Waals surface area contributed by atoms with Gasteiger partial charge in [-0.1, -0.05) is 18.2 Å². The highest BCUT2D eigenvalue weighted by atomic mass is 16.2. The van der Waals surface area contributed by atoms with E-state index in [1.165, 1.54) is 11.8 Å². The van der Waals surface area contributed by atoms with E-state index in [9.17, 15) is 4.79 Å². The molecule has 3 nitrogen and oxygen atoms in total. The number of carbonyl (C=O) groups is 1. The second-order valence-corrected chi connectivity index (χ2v) is 4.94. The topological polar surface area (TPSA) is 25.2 Å². The number of likely N-dealkylation sites (tertiary alicyclic amines) is 1. The lowest BCUT2D eigenvalue weighted by atomic mass is 10.1. The summed E-state index contributed by atoms with van der Waals surface area (Å²) < 4.78 is 2.05. The minimum Gasteiger partial charge on any atom is -0.341 e. The largest absolute Gasteiger partial charge is 0.341 e. The fourth-order valence-corrected chi connectivity index (χ4v) is 2.67. The molecule has 3 heteroatoms. The van der Waals surface area contributed by atoms with E-state index >= 15 is 0 Å². The van der Waals surface area contributed by atoms with Crippen LogP contribution in [0.25, 0.3) is 10.9 Å². The molecule has 94 valence electrons. The van der Waals surface area contributed by atoms with Gasteiger partial charge in [0.05, 0.1) is 0 Å². The van der Waals surface area contributed by atoms with Crippen LogP contribution in [-0.2, 0) is 11.3 Å². The second kappa shape index (κ2) is 4.84. The van der Waals surface area contributed by atoms with Crippen molar-refractivity contribution >= 4 is 16.8 Å². The van der Waals surface area contributed by atoms with Gasteiger partial charge in [0, 0.05) is 24.8 Å². The summed E-state index contributed by atoms with van der Waals surface area (Å²) >= 11 is 0. The van der Waals surface area contributed by atoms with Crippen molar-refractivity contribution in [1.82, 2.24) is 9.47 Å². The summed E-state index contributed by atoms with van der Waals surface area (Å²) in [7, 11) is 0. The van der Waals surface area contributed by atoms with Crippen molar-refractivity contribution in [1.29, 1.82) is 0 Å². The Balaban J connectivity index is 1.77. The lowest BCUT2D eigenvalue weighted by Crippen LogP contribution is -2.37. The number of rotatable bonds is 2. The van der Waals surface area contributed by atoms with Gasteiger partial charge in [-0.2, -0.15) is 0 Å². The van der Waals surface area contributed by atoms with Crippen LogP contribution in [0.1, 0.15) is 19.3 Å². The molecule has 0 aliphatic carbocycles. The van der Waals surface area contributed by atoms with Gasteiger partial charge < -0.3 is 9.47 Å². The molecule has 0 bridgehead atoms. The number of carbonyl (C=O) groups excluding carboxylic acids is 1. The van der Waals surface area contributed by atoms with Crippen molar-refractivity contribution in [3.8, 4) is 0 Å². The molecule has 0 atom stereocenters. The average Bonchev–Trinajstić information content (AvgIpc) is 2.83. The van der Waals surface area contributed by atoms with Crippen LogP contribution in [0.3, 0.4) is 0 Å². The molecule has 1 amide bonds. The Hall–Kier alpha value is -1.77. The van der Waals surface area contributed by atoms with Gasteiger partial charge in [-0.25, -0.2) is 0 Å². The van der Waals surface area contributed by atoms with Crippen LogP contribution in [-0.4, -0.2) is 28.5 Å². The molecular weight excluding hydrogens is 224 g/mol. The Kier molecular flexibility index (Phi) is 3.05. The quantitative estimate of drug-likeness (QED) is 0.794.